The van der Waals surface area contributed by atoms with Gasteiger partial charge in [0.1, 0.15) is 0 Å². The number of hydrogen-bond donors (Lipinski definition) is 1. The molecule has 2 aromatic rings. The van der Waals surface area contributed by atoms with Crippen LogP contribution in [0, 0.1) is 0 Å². The lowest BCUT2D eigenvalue weighted by Gasteiger charge is -2.12. The molecule has 0 aliphatic heterocycles. The third-order valence-corrected chi connectivity index (χ3v) is 2.15. The van der Waals surface area contributed by atoms with Crippen molar-refractivity contribution in [3.63, 3.8) is 0 Å². The van der Waals surface area contributed by atoms with Gasteiger partial charge in [-0.2, -0.15) is 17.9 Å². The van der Waals surface area contributed by atoms with Crippen molar-refractivity contribution in [2.45, 2.75) is 12.7 Å². The number of aromatic nitrogens is 4. The number of alkyl halides is 3. The van der Waals surface area contributed by atoms with Gasteiger partial charge in [-0.15, -0.1) is 5.10 Å². The van der Waals surface area contributed by atoms with E-state index in [9.17, 15) is 13.2 Å². The zero-order chi connectivity index (χ0) is 12.5. The van der Waals surface area contributed by atoms with Crippen molar-refractivity contribution in [2.24, 2.45) is 5.73 Å². The van der Waals surface area contributed by atoms with Crippen LogP contribution in [-0.4, -0.2) is 20.2 Å². The smallest absolute Gasteiger partial charge is 0.324 e. The van der Waals surface area contributed by atoms with E-state index < -0.39 is 11.7 Å². The third kappa shape index (κ3) is 2.11. The van der Waals surface area contributed by atoms with Crippen LogP contribution in [0.15, 0.2) is 24.3 Å². The fraction of sp³-hybridized carbons (Fsp3) is 0.222. The zero-order valence-corrected chi connectivity index (χ0v) is 8.52. The minimum absolute atomic E-state index is 0.0425. The molecule has 1 aromatic heterocycles. The Labute approximate surface area is 94.0 Å². The molecular weight excluding hydrogens is 235 g/mol. The van der Waals surface area contributed by atoms with E-state index in [1.807, 2.05) is 0 Å². The van der Waals surface area contributed by atoms with Gasteiger partial charge in [0.25, 0.3) is 0 Å². The van der Waals surface area contributed by atoms with E-state index in [0.717, 1.165) is 10.7 Å². The van der Waals surface area contributed by atoms with Crippen LogP contribution in [0.4, 0.5) is 13.2 Å². The molecule has 2 N–H and O–H groups in total. The predicted octanol–water partition coefficient (Wildman–Crippen LogP) is 1.14. The molecule has 0 unspecified atom stereocenters. The molecule has 1 heterocycles. The first-order chi connectivity index (χ1) is 8.04. The average molecular weight is 243 g/mol. The number of hydrogen-bond acceptors (Lipinski definition) is 4. The van der Waals surface area contributed by atoms with E-state index >= 15 is 0 Å². The lowest BCUT2D eigenvalue weighted by molar-refractivity contribution is -0.137. The van der Waals surface area contributed by atoms with E-state index in [4.69, 9.17) is 5.73 Å². The Bertz CT molecular complexity index is 519. The summed E-state index contributed by atoms with van der Waals surface area (Å²) >= 11 is 0. The highest BCUT2D eigenvalue weighted by molar-refractivity contribution is 5.42. The van der Waals surface area contributed by atoms with Gasteiger partial charge in [0.15, 0.2) is 5.82 Å². The number of para-hydroxylation sites is 1. The van der Waals surface area contributed by atoms with Crippen LogP contribution in [0.2, 0.25) is 0 Å². The molecule has 17 heavy (non-hydrogen) atoms. The number of halogens is 3. The number of nitrogens with zero attached hydrogens (tertiary/aromatic N) is 4. The topological polar surface area (TPSA) is 69.6 Å². The summed E-state index contributed by atoms with van der Waals surface area (Å²) in [5.41, 5.74) is 4.41. The quantitative estimate of drug-likeness (QED) is 0.858. The lowest BCUT2D eigenvalue weighted by Crippen LogP contribution is -2.14. The summed E-state index contributed by atoms with van der Waals surface area (Å²) in [4.78, 5) is 0. The van der Waals surface area contributed by atoms with Crippen molar-refractivity contribution in [1.82, 2.24) is 20.2 Å². The van der Waals surface area contributed by atoms with E-state index in [1.165, 1.54) is 18.2 Å². The highest BCUT2D eigenvalue weighted by Crippen LogP contribution is 2.33. The molecule has 1 aromatic carbocycles. The van der Waals surface area contributed by atoms with E-state index in [-0.39, 0.29) is 18.1 Å². The first-order valence-corrected chi connectivity index (χ1v) is 4.68. The van der Waals surface area contributed by atoms with Gasteiger partial charge < -0.3 is 5.73 Å². The minimum atomic E-state index is -4.46. The Hall–Kier alpha value is -1.96. The van der Waals surface area contributed by atoms with Crippen molar-refractivity contribution in [3.05, 3.63) is 35.7 Å². The van der Waals surface area contributed by atoms with Crippen molar-refractivity contribution >= 4 is 0 Å². The predicted molar refractivity (Wildman–Crippen MR) is 52.0 cm³/mol. The molecule has 0 bridgehead atoms. The molecule has 0 saturated heterocycles. The van der Waals surface area contributed by atoms with Gasteiger partial charge in [0.2, 0.25) is 0 Å². The summed E-state index contributed by atoms with van der Waals surface area (Å²) < 4.78 is 39.3. The Kier molecular flexibility index (Phi) is 2.80. The largest absolute Gasteiger partial charge is 0.418 e. The summed E-state index contributed by atoms with van der Waals surface area (Å²) in [5, 5.41) is 10.4. The van der Waals surface area contributed by atoms with Crippen molar-refractivity contribution in [3.8, 4) is 5.69 Å². The molecule has 0 aliphatic rings. The summed E-state index contributed by atoms with van der Waals surface area (Å²) in [6.45, 7) is -0.0425. The van der Waals surface area contributed by atoms with Crippen LogP contribution in [0.1, 0.15) is 11.4 Å². The molecule has 0 spiro atoms. The summed E-state index contributed by atoms with van der Waals surface area (Å²) in [5.74, 6) is 0.168. The van der Waals surface area contributed by atoms with Gasteiger partial charge in [0.05, 0.1) is 17.8 Å². The Balaban J connectivity index is 2.60. The molecule has 0 atom stereocenters. The number of nitrogens with two attached hydrogens (primary N) is 1. The SMILES string of the molecule is NCc1nnnn1-c1ccccc1C(F)(F)F. The highest BCUT2D eigenvalue weighted by atomic mass is 19.4. The molecule has 8 heteroatoms. The number of rotatable bonds is 2. The normalized spacial score (nSPS) is 11.8. The fourth-order valence-corrected chi connectivity index (χ4v) is 1.42. The second-order valence-electron chi connectivity index (χ2n) is 3.23. The van der Waals surface area contributed by atoms with E-state index in [0.29, 0.717) is 0 Å². The second kappa shape index (κ2) is 4.13. The lowest BCUT2D eigenvalue weighted by atomic mass is 10.1. The number of tetrazole rings is 1. The van der Waals surface area contributed by atoms with Crippen molar-refractivity contribution < 1.29 is 13.2 Å². The molecule has 2 rings (SSSR count). The average Bonchev–Trinajstić information content (AvgIpc) is 2.75. The van der Waals surface area contributed by atoms with Gasteiger partial charge >= 0.3 is 6.18 Å². The maximum atomic E-state index is 12.8. The van der Waals surface area contributed by atoms with Gasteiger partial charge in [-0.3, -0.25) is 0 Å². The van der Waals surface area contributed by atoms with Crippen LogP contribution in [-0.2, 0) is 12.7 Å². The van der Waals surface area contributed by atoms with E-state index in [1.54, 1.807) is 0 Å². The molecule has 0 amide bonds. The van der Waals surface area contributed by atoms with Gasteiger partial charge in [-0.05, 0) is 22.6 Å². The molecule has 0 aliphatic carbocycles. The maximum Gasteiger partial charge on any atom is 0.418 e. The summed E-state index contributed by atoms with van der Waals surface area (Å²) in [7, 11) is 0. The Morgan fingerprint density at radius 2 is 1.94 bits per heavy atom. The minimum Gasteiger partial charge on any atom is -0.324 e. The summed E-state index contributed by atoms with van der Waals surface area (Å²) in [6.07, 6.45) is -4.46. The molecule has 90 valence electrons. The second-order valence-corrected chi connectivity index (χ2v) is 3.23. The van der Waals surface area contributed by atoms with Crippen LogP contribution in [0.25, 0.3) is 5.69 Å². The summed E-state index contributed by atoms with van der Waals surface area (Å²) in [6, 6.07) is 5.04. The number of benzene rings is 1. The third-order valence-electron chi connectivity index (χ3n) is 2.15. The van der Waals surface area contributed by atoms with E-state index in [2.05, 4.69) is 15.5 Å². The molecular formula is C9H8F3N5. The monoisotopic (exact) mass is 243 g/mol. The first kappa shape index (κ1) is 11.5. The fourth-order valence-electron chi connectivity index (χ4n) is 1.42. The standard InChI is InChI=1S/C9H8F3N5/c10-9(11,12)6-3-1-2-4-7(6)17-8(5-13)14-15-16-17/h1-4H,5,13H2. The molecule has 0 saturated carbocycles. The Morgan fingerprint density at radius 3 is 2.59 bits per heavy atom. The van der Waals surface area contributed by atoms with Gasteiger partial charge in [-0.1, -0.05) is 12.1 Å². The van der Waals surface area contributed by atoms with Crippen LogP contribution >= 0.6 is 0 Å². The maximum absolute atomic E-state index is 12.8. The van der Waals surface area contributed by atoms with Crippen molar-refractivity contribution in [2.75, 3.05) is 0 Å². The van der Waals surface area contributed by atoms with Crippen LogP contribution in [0.3, 0.4) is 0 Å². The van der Waals surface area contributed by atoms with Gasteiger partial charge in [-0.25, -0.2) is 0 Å². The highest BCUT2D eigenvalue weighted by Gasteiger charge is 2.34. The van der Waals surface area contributed by atoms with Crippen LogP contribution in [0.5, 0.6) is 0 Å². The molecule has 5 nitrogen and oxygen atoms in total. The molecule has 0 fully saturated rings. The van der Waals surface area contributed by atoms with Crippen LogP contribution < -0.4 is 5.73 Å². The first-order valence-electron chi connectivity index (χ1n) is 4.68. The Morgan fingerprint density at radius 1 is 1.24 bits per heavy atom. The van der Waals surface area contributed by atoms with Crippen molar-refractivity contribution in [1.29, 1.82) is 0 Å². The zero-order valence-electron chi connectivity index (χ0n) is 8.52. The molecule has 0 radical (unpaired) electrons. The van der Waals surface area contributed by atoms with Gasteiger partial charge in [0, 0.05) is 0 Å².